The molecule has 0 N–H and O–H groups in total. The Balaban J connectivity index is 1.49. The number of hydrogen-bond acceptors (Lipinski definition) is 2. The molecule has 0 spiro atoms. The van der Waals surface area contributed by atoms with E-state index in [1.807, 2.05) is 32.2 Å². The molecule has 1 fully saturated rings. The lowest BCUT2D eigenvalue weighted by Crippen LogP contribution is -2.05. The first-order valence-corrected chi connectivity index (χ1v) is 10.4. The van der Waals surface area contributed by atoms with E-state index in [0.29, 0.717) is 5.41 Å². The average Bonchev–Trinajstić information content (AvgIpc) is 3.34. The number of aromatic nitrogens is 2. The number of fused-ring (bicyclic) bond motifs is 1. The number of hydrogen-bond donors (Lipinski definition) is 0. The molecule has 146 valence electrons. The summed E-state index contributed by atoms with van der Waals surface area (Å²) in [6.45, 7) is 6.43. The molecular weight excluding hydrogens is 356 g/mol. The molecule has 0 amide bonds. The third-order valence-corrected chi connectivity index (χ3v) is 5.94. The van der Waals surface area contributed by atoms with Gasteiger partial charge in [-0.25, -0.2) is 4.98 Å². The predicted octanol–water partition coefficient (Wildman–Crippen LogP) is 6.51. The van der Waals surface area contributed by atoms with Crippen LogP contribution in [0.3, 0.4) is 0 Å². The van der Waals surface area contributed by atoms with Gasteiger partial charge in [-0.15, -0.1) is 0 Å². The van der Waals surface area contributed by atoms with E-state index in [1.54, 1.807) is 0 Å². The summed E-state index contributed by atoms with van der Waals surface area (Å²) in [5.41, 5.74) is 7.46. The zero-order valence-corrected chi connectivity index (χ0v) is 17.2. The normalized spacial score (nSPS) is 15.0. The topological polar surface area (TPSA) is 26.5 Å². The maximum Gasteiger partial charge on any atom is 0.137 e. The molecule has 29 heavy (non-hydrogen) atoms. The molecule has 4 aromatic rings. The molecule has 2 aromatic heterocycles. The van der Waals surface area contributed by atoms with Gasteiger partial charge in [-0.1, -0.05) is 31.2 Å². The van der Waals surface area contributed by atoms with Crippen LogP contribution in [0.25, 0.3) is 28.0 Å². The fourth-order valence-corrected chi connectivity index (χ4v) is 3.88. The maximum atomic E-state index is 5.77. The molecule has 1 saturated carbocycles. The highest BCUT2D eigenvalue weighted by molar-refractivity contribution is 5.69. The molecule has 5 rings (SSSR count). The Morgan fingerprint density at radius 2 is 1.52 bits per heavy atom. The largest absolute Gasteiger partial charge is 0.491 e. The monoisotopic (exact) mass is 382 g/mol. The van der Waals surface area contributed by atoms with Gasteiger partial charge in [-0.3, -0.25) is 4.40 Å². The van der Waals surface area contributed by atoms with E-state index in [1.165, 1.54) is 29.5 Å². The molecule has 0 aliphatic heterocycles. The van der Waals surface area contributed by atoms with Crippen molar-refractivity contribution in [3.63, 3.8) is 0 Å². The Bertz CT molecular complexity index is 1150. The van der Waals surface area contributed by atoms with Gasteiger partial charge in [-0.05, 0) is 85.2 Å². The van der Waals surface area contributed by atoms with Gasteiger partial charge in [0.1, 0.15) is 11.4 Å². The number of ether oxygens (including phenoxy) is 1. The predicted molar refractivity (Wildman–Crippen MR) is 118 cm³/mol. The van der Waals surface area contributed by atoms with Crippen LogP contribution in [0.15, 0.2) is 73.1 Å². The van der Waals surface area contributed by atoms with Crippen LogP contribution in [0.1, 0.15) is 39.2 Å². The molecule has 0 bridgehead atoms. The molecule has 0 unspecified atom stereocenters. The zero-order chi connectivity index (χ0) is 20.0. The van der Waals surface area contributed by atoms with E-state index in [-0.39, 0.29) is 6.10 Å². The highest BCUT2D eigenvalue weighted by atomic mass is 16.5. The lowest BCUT2D eigenvalue weighted by atomic mass is 9.96. The molecule has 2 aromatic carbocycles. The summed E-state index contributed by atoms with van der Waals surface area (Å²) >= 11 is 0. The van der Waals surface area contributed by atoms with Crippen LogP contribution in [-0.2, 0) is 5.41 Å². The fourth-order valence-electron chi connectivity index (χ4n) is 3.88. The second kappa shape index (κ2) is 6.77. The van der Waals surface area contributed by atoms with Crippen LogP contribution >= 0.6 is 0 Å². The van der Waals surface area contributed by atoms with Gasteiger partial charge >= 0.3 is 0 Å². The van der Waals surface area contributed by atoms with Crippen molar-refractivity contribution in [1.29, 1.82) is 0 Å². The van der Waals surface area contributed by atoms with Gasteiger partial charge in [0.05, 0.1) is 18.0 Å². The van der Waals surface area contributed by atoms with E-state index < -0.39 is 0 Å². The summed E-state index contributed by atoms with van der Waals surface area (Å²) in [5, 5.41) is 0. The standard InChI is InChI=1S/C26H26N2O/c1-18(2)29-23-11-6-20(7-12-23)24-16-27-25-13-8-21(17-28(24)25)19-4-9-22(10-5-19)26(3)14-15-26/h4-13,16-18H,14-15H2,1-3H3. The van der Waals surface area contributed by atoms with Crippen LogP contribution < -0.4 is 4.74 Å². The first-order valence-electron chi connectivity index (χ1n) is 10.4. The van der Waals surface area contributed by atoms with Crippen LogP contribution in [0.5, 0.6) is 5.75 Å². The molecule has 2 heterocycles. The van der Waals surface area contributed by atoms with Gasteiger partial charge in [0, 0.05) is 11.8 Å². The number of pyridine rings is 1. The number of benzene rings is 2. The summed E-state index contributed by atoms with van der Waals surface area (Å²) in [6.07, 6.45) is 6.90. The van der Waals surface area contributed by atoms with Gasteiger partial charge in [0.25, 0.3) is 0 Å². The summed E-state index contributed by atoms with van der Waals surface area (Å²) in [4.78, 5) is 4.59. The molecular formula is C26H26N2O. The van der Waals surface area contributed by atoms with Crippen LogP contribution in [0.4, 0.5) is 0 Å². The summed E-state index contributed by atoms with van der Waals surface area (Å²) in [6, 6.07) is 21.5. The molecule has 1 aliphatic carbocycles. The lowest BCUT2D eigenvalue weighted by Gasteiger charge is -2.11. The number of rotatable bonds is 5. The molecule has 3 nitrogen and oxygen atoms in total. The van der Waals surface area contributed by atoms with Crippen molar-refractivity contribution < 1.29 is 4.74 Å². The third kappa shape index (κ3) is 3.42. The van der Waals surface area contributed by atoms with Crippen molar-refractivity contribution in [2.45, 2.75) is 45.1 Å². The number of nitrogens with zero attached hydrogens (tertiary/aromatic N) is 2. The van der Waals surface area contributed by atoms with Crippen LogP contribution in [0, 0.1) is 0 Å². The Hall–Kier alpha value is -3.07. The van der Waals surface area contributed by atoms with Crippen LogP contribution in [-0.4, -0.2) is 15.5 Å². The Labute approximate surface area is 172 Å². The van der Waals surface area contributed by atoms with Crippen LogP contribution in [0.2, 0.25) is 0 Å². The summed E-state index contributed by atoms with van der Waals surface area (Å²) in [5.74, 6) is 0.891. The minimum Gasteiger partial charge on any atom is -0.491 e. The Kier molecular flexibility index (Phi) is 4.20. The van der Waals surface area contributed by atoms with E-state index >= 15 is 0 Å². The van der Waals surface area contributed by atoms with E-state index in [4.69, 9.17) is 4.74 Å². The van der Waals surface area contributed by atoms with Gasteiger partial charge < -0.3 is 4.74 Å². The van der Waals surface area contributed by atoms with E-state index in [2.05, 4.69) is 71.0 Å². The number of imidazole rings is 1. The summed E-state index contributed by atoms with van der Waals surface area (Å²) < 4.78 is 7.94. The Morgan fingerprint density at radius 1 is 0.862 bits per heavy atom. The zero-order valence-electron chi connectivity index (χ0n) is 17.2. The minimum atomic E-state index is 0.174. The summed E-state index contributed by atoms with van der Waals surface area (Å²) in [7, 11) is 0. The lowest BCUT2D eigenvalue weighted by molar-refractivity contribution is 0.242. The van der Waals surface area contributed by atoms with Crippen molar-refractivity contribution in [2.75, 3.05) is 0 Å². The van der Waals surface area contributed by atoms with Crippen molar-refractivity contribution in [3.8, 4) is 28.1 Å². The smallest absolute Gasteiger partial charge is 0.137 e. The highest BCUT2D eigenvalue weighted by Crippen LogP contribution is 2.47. The SMILES string of the molecule is CC(C)Oc1ccc(-c2cnc3ccc(-c4ccc(C5(C)CC5)cc4)cn23)cc1. The van der Waals surface area contributed by atoms with Crippen molar-refractivity contribution in [1.82, 2.24) is 9.38 Å². The molecule has 1 aliphatic rings. The first-order chi connectivity index (χ1) is 14.0. The van der Waals surface area contributed by atoms with Crippen molar-refractivity contribution in [2.24, 2.45) is 0 Å². The highest BCUT2D eigenvalue weighted by Gasteiger charge is 2.38. The molecule has 0 atom stereocenters. The second-order valence-electron chi connectivity index (χ2n) is 8.62. The average molecular weight is 383 g/mol. The minimum absolute atomic E-state index is 0.174. The molecule has 0 radical (unpaired) electrons. The second-order valence-corrected chi connectivity index (χ2v) is 8.62. The van der Waals surface area contributed by atoms with Crippen molar-refractivity contribution in [3.05, 3.63) is 78.6 Å². The van der Waals surface area contributed by atoms with Gasteiger partial charge in [-0.2, -0.15) is 0 Å². The van der Waals surface area contributed by atoms with Crippen molar-refractivity contribution >= 4 is 5.65 Å². The maximum absolute atomic E-state index is 5.77. The van der Waals surface area contributed by atoms with Gasteiger partial charge in [0.2, 0.25) is 0 Å². The van der Waals surface area contributed by atoms with Gasteiger partial charge in [0.15, 0.2) is 0 Å². The fraction of sp³-hybridized carbons (Fsp3) is 0.269. The van der Waals surface area contributed by atoms with E-state index in [9.17, 15) is 0 Å². The third-order valence-electron chi connectivity index (χ3n) is 5.94. The Morgan fingerprint density at radius 3 is 2.17 bits per heavy atom. The van der Waals surface area contributed by atoms with E-state index in [0.717, 1.165) is 22.7 Å². The quantitative estimate of drug-likeness (QED) is 0.393. The first kappa shape index (κ1) is 18.0. The molecule has 3 heteroatoms. The molecule has 0 saturated heterocycles.